The molecule has 0 fully saturated rings. The third-order valence-electron chi connectivity index (χ3n) is 3.50. The quantitative estimate of drug-likeness (QED) is 0.754. The second-order valence-electron chi connectivity index (χ2n) is 5.19. The lowest BCUT2D eigenvalue weighted by Gasteiger charge is -2.06. The van der Waals surface area contributed by atoms with Gasteiger partial charge in [-0.15, -0.1) is 0 Å². The Bertz CT molecular complexity index is 532. The zero-order valence-electron chi connectivity index (χ0n) is 12.6. The van der Waals surface area contributed by atoms with E-state index in [1.165, 1.54) is 25.7 Å². The summed E-state index contributed by atoms with van der Waals surface area (Å²) in [7, 11) is 0. The fraction of sp³-hybridized carbons (Fsp3) is 0.412. The summed E-state index contributed by atoms with van der Waals surface area (Å²) in [6, 6.07) is 7.55. The topological polar surface area (TPSA) is 46.9 Å². The van der Waals surface area contributed by atoms with Crippen molar-refractivity contribution in [3.8, 4) is 5.69 Å². The zero-order valence-corrected chi connectivity index (χ0v) is 12.6. The van der Waals surface area contributed by atoms with Crippen LogP contribution >= 0.6 is 0 Å². The molecule has 2 rings (SSSR count). The lowest BCUT2D eigenvalue weighted by molar-refractivity contribution is 0.0953. The molecule has 1 aromatic heterocycles. The van der Waals surface area contributed by atoms with Gasteiger partial charge in [-0.3, -0.25) is 4.79 Å². The molecule has 0 aliphatic rings. The monoisotopic (exact) mass is 285 g/mol. The molecular weight excluding hydrogens is 262 g/mol. The molecule has 0 aliphatic heterocycles. The molecule has 0 radical (unpaired) electrons. The van der Waals surface area contributed by atoms with Crippen LogP contribution in [0.1, 0.15) is 49.4 Å². The predicted octanol–water partition coefficient (Wildman–Crippen LogP) is 3.57. The van der Waals surface area contributed by atoms with E-state index in [2.05, 4.69) is 17.2 Å². The Morgan fingerprint density at radius 3 is 2.57 bits per heavy atom. The molecule has 4 heteroatoms. The SMILES string of the molecule is CCCCCCCNC(=O)c1ccc(-n2ccnc2)cc1. The minimum absolute atomic E-state index is 0.00247. The fourth-order valence-electron chi connectivity index (χ4n) is 2.23. The van der Waals surface area contributed by atoms with Gasteiger partial charge in [-0.25, -0.2) is 4.98 Å². The van der Waals surface area contributed by atoms with E-state index in [0.29, 0.717) is 5.56 Å². The maximum Gasteiger partial charge on any atom is 0.251 e. The highest BCUT2D eigenvalue weighted by atomic mass is 16.1. The molecule has 1 aromatic carbocycles. The molecule has 1 heterocycles. The van der Waals surface area contributed by atoms with Crippen LogP contribution in [0.25, 0.3) is 5.69 Å². The highest BCUT2D eigenvalue weighted by molar-refractivity contribution is 5.94. The Labute approximate surface area is 126 Å². The molecule has 0 spiro atoms. The summed E-state index contributed by atoms with van der Waals surface area (Å²) >= 11 is 0. The number of carbonyl (C=O) groups is 1. The second-order valence-corrected chi connectivity index (χ2v) is 5.19. The molecule has 2 aromatic rings. The van der Waals surface area contributed by atoms with Gasteiger partial charge in [-0.05, 0) is 30.7 Å². The van der Waals surface area contributed by atoms with Crippen molar-refractivity contribution < 1.29 is 4.79 Å². The third kappa shape index (κ3) is 4.74. The van der Waals surface area contributed by atoms with Crippen LogP contribution in [0.15, 0.2) is 43.0 Å². The summed E-state index contributed by atoms with van der Waals surface area (Å²) in [6.07, 6.45) is 11.4. The first-order valence-corrected chi connectivity index (χ1v) is 7.68. The number of imidazole rings is 1. The molecule has 0 aliphatic carbocycles. The van der Waals surface area contributed by atoms with E-state index in [1.54, 1.807) is 12.5 Å². The van der Waals surface area contributed by atoms with E-state index in [1.807, 2.05) is 35.0 Å². The van der Waals surface area contributed by atoms with Crippen LogP contribution in [0.2, 0.25) is 0 Å². The van der Waals surface area contributed by atoms with Crippen molar-refractivity contribution in [2.45, 2.75) is 39.0 Å². The molecule has 112 valence electrons. The first kappa shape index (κ1) is 15.3. The summed E-state index contributed by atoms with van der Waals surface area (Å²) in [5.74, 6) is 0.00247. The van der Waals surface area contributed by atoms with Crippen molar-refractivity contribution in [2.24, 2.45) is 0 Å². The average molecular weight is 285 g/mol. The van der Waals surface area contributed by atoms with Crippen molar-refractivity contribution in [3.05, 3.63) is 48.5 Å². The van der Waals surface area contributed by atoms with Gasteiger partial charge in [0, 0.05) is 30.2 Å². The van der Waals surface area contributed by atoms with Crippen LogP contribution in [-0.4, -0.2) is 22.0 Å². The van der Waals surface area contributed by atoms with Crippen LogP contribution < -0.4 is 5.32 Å². The number of nitrogens with one attached hydrogen (secondary N) is 1. The third-order valence-corrected chi connectivity index (χ3v) is 3.50. The van der Waals surface area contributed by atoms with E-state index in [4.69, 9.17) is 0 Å². The number of unbranched alkanes of at least 4 members (excludes halogenated alkanes) is 4. The van der Waals surface area contributed by atoms with Crippen molar-refractivity contribution in [1.29, 1.82) is 0 Å². The van der Waals surface area contributed by atoms with E-state index in [-0.39, 0.29) is 5.91 Å². The number of rotatable bonds is 8. The summed E-state index contributed by atoms with van der Waals surface area (Å²) in [6.45, 7) is 2.96. The normalized spacial score (nSPS) is 10.5. The van der Waals surface area contributed by atoms with Gasteiger partial charge in [-0.2, -0.15) is 0 Å². The molecule has 1 N–H and O–H groups in total. The number of amides is 1. The molecule has 4 nitrogen and oxygen atoms in total. The summed E-state index contributed by atoms with van der Waals surface area (Å²) in [4.78, 5) is 16.0. The maximum atomic E-state index is 12.0. The van der Waals surface area contributed by atoms with E-state index >= 15 is 0 Å². The van der Waals surface area contributed by atoms with E-state index < -0.39 is 0 Å². The van der Waals surface area contributed by atoms with Crippen LogP contribution in [0, 0.1) is 0 Å². The van der Waals surface area contributed by atoms with Gasteiger partial charge in [0.1, 0.15) is 0 Å². The van der Waals surface area contributed by atoms with Crippen molar-refractivity contribution in [3.63, 3.8) is 0 Å². The van der Waals surface area contributed by atoms with Gasteiger partial charge < -0.3 is 9.88 Å². The highest BCUT2D eigenvalue weighted by Crippen LogP contribution is 2.09. The Balaban J connectivity index is 1.78. The smallest absolute Gasteiger partial charge is 0.251 e. The molecule has 0 saturated carbocycles. The standard InChI is InChI=1S/C17H23N3O/c1-2-3-4-5-6-11-19-17(21)15-7-9-16(10-8-15)20-13-12-18-14-20/h7-10,12-14H,2-6,11H2,1H3,(H,19,21). The number of hydrogen-bond donors (Lipinski definition) is 1. The fourth-order valence-corrected chi connectivity index (χ4v) is 2.23. The molecule has 21 heavy (non-hydrogen) atoms. The number of aromatic nitrogens is 2. The maximum absolute atomic E-state index is 12.0. The van der Waals surface area contributed by atoms with Crippen molar-refractivity contribution in [1.82, 2.24) is 14.9 Å². The number of carbonyl (C=O) groups excluding carboxylic acids is 1. The van der Waals surface area contributed by atoms with Crippen molar-refractivity contribution >= 4 is 5.91 Å². The van der Waals surface area contributed by atoms with Crippen LogP contribution in [0.3, 0.4) is 0 Å². The Morgan fingerprint density at radius 2 is 1.90 bits per heavy atom. The number of benzene rings is 1. The first-order chi connectivity index (χ1) is 10.3. The summed E-state index contributed by atoms with van der Waals surface area (Å²) in [5.41, 5.74) is 1.70. The first-order valence-electron chi connectivity index (χ1n) is 7.68. The minimum Gasteiger partial charge on any atom is -0.352 e. The minimum atomic E-state index is 0.00247. The number of nitrogens with zero attached hydrogens (tertiary/aromatic N) is 2. The molecule has 0 saturated heterocycles. The van der Waals surface area contributed by atoms with E-state index in [0.717, 1.165) is 18.7 Å². The van der Waals surface area contributed by atoms with Gasteiger partial charge in [-0.1, -0.05) is 32.6 Å². The lowest BCUT2D eigenvalue weighted by Crippen LogP contribution is -2.24. The average Bonchev–Trinajstić information content (AvgIpc) is 3.05. The molecule has 0 unspecified atom stereocenters. The molecule has 0 atom stereocenters. The van der Waals surface area contributed by atoms with Crippen LogP contribution in [0.5, 0.6) is 0 Å². The Kier molecular flexibility index (Phi) is 6.00. The van der Waals surface area contributed by atoms with Crippen LogP contribution in [-0.2, 0) is 0 Å². The van der Waals surface area contributed by atoms with Crippen molar-refractivity contribution in [2.75, 3.05) is 6.54 Å². The molecule has 1 amide bonds. The van der Waals surface area contributed by atoms with Crippen LogP contribution in [0.4, 0.5) is 0 Å². The second kappa shape index (κ2) is 8.25. The van der Waals surface area contributed by atoms with Gasteiger partial charge >= 0.3 is 0 Å². The van der Waals surface area contributed by atoms with Gasteiger partial charge in [0.2, 0.25) is 0 Å². The highest BCUT2D eigenvalue weighted by Gasteiger charge is 2.04. The number of hydrogen-bond acceptors (Lipinski definition) is 2. The lowest BCUT2D eigenvalue weighted by atomic mass is 10.1. The van der Waals surface area contributed by atoms with Gasteiger partial charge in [0.05, 0.1) is 6.33 Å². The predicted molar refractivity (Wildman–Crippen MR) is 84.7 cm³/mol. The molecular formula is C17H23N3O. The van der Waals surface area contributed by atoms with Gasteiger partial charge in [0.25, 0.3) is 5.91 Å². The van der Waals surface area contributed by atoms with E-state index in [9.17, 15) is 4.79 Å². The summed E-state index contributed by atoms with van der Waals surface area (Å²) in [5, 5.41) is 2.97. The molecule has 0 bridgehead atoms. The van der Waals surface area contributed by atoms with Gasteiger partial charge in [0.15, 0.2) is 0 Å². The largest absolute Gasteiger partial charge is 0.352 e. The summed E-state index contributed by atoms with van der Waals surface area (Å²) < 4.78 is 1.91. The Hall–Kier alpha value is -2.10. The Morgan fingerprint density at radius 1 is 1.14 bits per heavy atom. The zero-order chi connectivity index (χ0) is 14.9.